The molecule has 1 aliphatic rings. The van der Waals surface area contributed by atoms with Crippen LogP contribution in [0.3, 0.4) is 0 Å². The van der Waals surface area contributed by atoms with Crippen LogP contribution >= 0.6 is 11.3 Å². The highest BCUT2D eigenvalue weighted by Gasteiger charge is 2.21. The minimum absolute atomic E-state index is 0.0702. The van der Waals surface area contributed by atoms with Crippen molar-refractivity contribution in [3.05, 3.63) is 52.7 Å². The molecule has 0 saturated heterocycles. The molecule has 124 valence electrons. The van der Waals surface area contributed by atoms with Gasteiger partial charge in [0.15, 0.2) is 0 Å². The van der Waals surface area contributed by atoms with Gasteiger partial charge < -0.3 is 0 Å². The third kappa shape index (κ3) is 3.07. The Kier molecular flexibility index (Phi) is 3.86. The zero-order chi connectivity index (χ0) is 16.7. The Balaban J connectivity index is 1.54. The summed E-state index contributed by atoms with van der Waals surface area (Å²) >= 11 is 1.83. The van der Waals surface area contributed by atoms with E-state index in [1.54, 1.807) is 6.20 Å². The molecule has 3 aromatic rings. The van der Waals surface area contributed by atoms with Gasteiger partial charge in [0, 0.05) is 53.6 Å². The second-order valence-corrected chi connectivity index (χ2v) is 9.19. The number of hydrogen-bond acceptors (Lipinski definition) is 6. The molecule has 1 aliphatic heterocycles. The summed E-state index contributed by atoms with van der Waals surface area (Å²) in [6, 6.07) is 10.7. The quantitative estimate of drug-likeness (QED) is 0.673. The van der Waals surface area contributed by atoms with Gasteiger partial charge in [-0.25, -0.2) is 18.4 Å². The van der Waals surface area contributed by atoms with Gasteiger partial charge in [-0.2, -0.15) is 0 Å². The van der Waals surface area contributed by atoms with Gasteiger partial charge in [0.1, 0.15) is 0 Å². The molecule has 2 aromatic heterocycles. The Morgan fingerprint density at radius 2 is 2.12 bits per heavy atom. The number of sulfone groups is 1. The third-order valence-electron chi connectivity index (χ3n) is 4.18. The summed E-state index contributed by atoms with van der Waals surface area (Å²) in [5.41, 5.74) is 1.88. The topological polar surface area (TPSA) is 63.2 Å². The third-order valence-corrected chi connectivity index (χ3v) is 6.14. The van der Waals surface area contributed by atoms with Crippen molar-refractivity contribution in [1.29, 1.82) is 0 Å². The van der Waals surface area contributed by atoms with Crippen molar-refractivity contribution < 1.29 is 8.42 Å². The fourth-order valence-corrected chi connectivity index (χ4v) is 4.63. The molecular weight excluding hydrogens is 342 g/mol. The summed E-state index contributed by atoms with van der Waals surface area (Å²) in [6.45, 7) is 2.53. The summed E-state index contributed by atoms with van der Waals surface area (Å²) < 4.78 is 24.5. The molecule has 0 amide bonds. The lowest BCUT2D eigenvalue weighted by Gasteiger charge is -2.27. The molecule has 1 aromatic carbocycles. The molecule has 5 nitrogen and oxygen atoms in total. The number of hydrogen-bond donors (Lipinski definition) is 0. The highest BCUT2D eigenvalue weighted by molar-refractivity contribution is 7.90. The van der Waals surface area contributed by atoms with Crippen molar-refractivity contribution in [3.63, 3.8) is 0 Å². The normalized spacial score (nSPS) is 15.5. The van der Waals surface area contributed by atoms with Crippen LogP contribution in [0.5, 0.6) is 0 Å². The number of rotatable bonds is 3. The van der Waals surface area contributed by atoms with Gasteiger partial charge in [0.25, 0.3) is 0 Å². The fraction of sp³-hybridized carbons (Fsp3) is 0.294. The largest absolute Gasteiger partial charge is 0.293 e. The molecule has 0 N–H and O–H groups in total. The van der Waals surface area contributed by atoms with Crippen molar-refractivity contribution in [2.45, 2.75) is 24.7 Å². The first-order chi connectivity index (χ1) is 11.5. The van der Waals surface area contributed by atoms with Gasteiger partial charge in [0.05, 0.1) is 5.69 Å². The van der Waals surface area contributed by atoms with E-state index in [1.807, 2.05) is 11.3 Å². The van der Waals surface area contributed by atoms with Crippen LogP contribution in [0.15, 0.2) is 41.7 Å². The van der Waals surface area contributed by atoms with E-state index >= 15 is 0 Å². The van der Waals surface area contributed by atoms with Crippen molar-refractivity contribution in [2.24, 2.45) is 0 Å². The molecule has 7 heteroatoms. The lowest BCUT2D eigenvalue weighted by atomic mass is 10.1. The predicted octanol–water partition coefficient (Wildman–Crippen LogP) is 2.65. The molecule has 0 aliphatic carbocycles. The number of aromatic nitrogens is 2. The first-order valence-electron chi connectivity index (χ1n) is 7.74. The van der Waals surface area contributed by atoms with Gasteiger partial charge in [-0.1, -0.05) is 18.2 Å². The summed E-state index contributed by atoms with van der Waals surface area (Å²) in [5, 5.41) is 1.22. The van der Waals surface area contributed by atoms with Gasteiger partial charge >= 0.3 is 0 Å². The van der Waals surface area contributed by atoms with Crippen LogP contribution in [0.4, 0.5) is 0 Å². The zero-order valence-corrected chi connectivity index (χ0v) is 14.9. The molecule has 0 saturated carbocycles. The fourth-order valence-electron chi connectivity index (χ4n) is 3.01. The molecule has 0 unspecified atom stereocenters. The Labute approximate surface area is 144 Å². The van der Waals surface area contributed by atoms with Crippen LogP contribution in [-0.2, 0) is 29.3 Å². The Morgan fingerprint density at radius 1 is 1.29 bits per heavy atom. The van der Waals surface area contributed by atoms with Crippen molar-refractivity contribution in [1.82, 2.24) is 14.9 Å². The van der Waals surface area contributed by atoms with Crippen LogP contribution in [0.1, 0.15) is 16.1 Å². The van der Waals surface area contributed by atoms with Gasteiger partial charge in [-0.15, -0.1) is 11.3 Å². The Morgan fingerprint density at radius 3 is 2.92 bits per heavy atom. The minimum atomic E-state index is -3.35. The first kappa shape index (κ1) is 15.7. The maximum Gasteiger partial charge on any atom is 0.246 e. The Hall–Kier alpha value is -1.83. The lowest BCUT2D eigenvalue weighted by molar-refractivity contribution is 0.244. The average molecular weight is 359 g/mol. The van der Waals surface area contributed by atoms with Crippen molar-refractivity contribution in [2.75, 3.05) is 12.8 Å². The van der Waals surface area contributed by atoms with Gasteiger partial charge in [0.2, 0.25) is 15.0 Å². The summed E-state index contributed by atoms with van der Waals surface area (Å²) in [7, 11) is -3.35. The lowest BCUT2D eigenvalue weighted by Crippen LogP contribution is -2.31. The van der Waals surface area contributed by atoms with Crippen LogP contribution < -0.4 is 0 Å². The molecule has 0 radical (unpaired) electrons. The minimum Gasteiger partial charge on any atom is -0.293 e. The molecule has 0 bridgehead atoms. The standard InChI is InChI=1S/C17H17N3O2S2/c1-24(21,22)17-18-9-13-10-20(7-6-15(13)19-17)11-14-8-12-4-2-3-5-16(12)23-14/h2-5,8-9H,6-7,10-11H2,1H3. The van der Waals surface area contributed by atoms with E-state index in [4.69, 9.17) is 0 Å². The van der Waals surface area contributed by atoms with E-state index in [-0.39, 0.29) is 5.16 Å². The second-order valence-electron chi connectivity index (χ2n) is 6.11. The molecule has 3 heterocycles. The highest BCUT2D eigenvalue weighted by Crippen LogP contribution is 2.28. The maximum atomic E-state index is 11.6. The second kappa shape index (κ2) is 5.91. The van der Waals surface area contributed by atoms with Gasteiger partial charge in [-0.3, -0.25) is 4.90 Å². The van der Waals surface area contributed by atoms with Crippen LogP contribution in [0, 0.1) is 0 Å². The van der Waals surface area contributed by atoms with E-state index in [9.17, 15) is 8.42 Å². The van der Waals surface area contributed by atoms with Crippen LogP contribution in [0.25, 0.3) is 10.1 Å². The average Bonchev–Trinajstić information content (AvgIpc) is 2.95. The van der Waals surface area contributed by atoms with Crippen molar-refractivity contribution >= 4 is 31.3 Å². The zero-order valence-electron chi connectivity index (χ0n) is 13.3. The SMILES string of the molecule is CS(=O)(=O)c1ncc2c(n1)CCN(Cc1cc3ccccc3s1)C2. The number of thiophene rings is 1. The molecular formula is C17H17N3O2S2. The first-order valence-corrected chi connectivity index (χ1v) is 10.4. The maximum absolute atomic E-state index is 11.6. The van der Waals surface area contributed by atoms with Crippen LogP contribution in [-0.4, -0.2) is 36.1 Å². The predicted molar refractivity (Wildman–Crippen MR) is 94.8 cm³/mol. The number of fused-ring (bicyclic) bond motifs is 2. The molecule has 0 fully saturated rings. The molecule has 0 spiro atoms. The molecule has 24 heavy (non-hydrogen) atoms. The molecule has 4 rings (SSSR count). The van der Waals surface area contributed by atoms with Crippen LogP contribution in [0.2, 0.25) is 0 Å². The summed E-state index contributed by atoms with van der Waals surface area (Å²) in [5.74, 6) is 0. The smallest absolute Gasteiger partial charge is 0.246 e. The van der Waals surface area contributed by atoms with Crippen molar-refractivity contribution in [3.8, 4) is 0 Å². The Bertz CT molecular complexity index is 979. The van der Waals surface area contributed by atoms with E-state index in [0.717, 1.165) is 43.6 Å². The highest BCUT2D eigenvalue weighted by atomic mass is 32.2. The van der Waals surface area contributed by atoms with E-state index in [2.05, 4.69) is 45.2 Å². The number of nitrogens with zero attached hydrogens (tertiary/aromatic N) is 3. The monoisotopic (exact) mass is 359 g/mol. The summed E-state index contributed by atoms with van der Waals surface area (Å²) in [6.07, 6.45) is 3.56. The van der Waals surface area contributed by atoms with E-state index in [0.29, 0.717) is 0 Å². The molecule has 0 atom stereocenters. The number of benzene rings is 1. The summed E-state index contributed by atoms with van der Waals surface area (Å²) in [4.78, 5) is 12.0. The van der Waals surface area contributed by atoms with Gasteiger partial charge in [-0.05, 0) is 17.5 Å². The van der Waals surface area contributed by atoms with E-state index < -0.39 is 9.84 Å². The van der Waals surface area contributed by atoms with E-state index in [1.165, 1.54) is 15.0 Å².